The molecule has 2 atom stereocenters. The number of hydrogen-bond acceptors (Lipinski definition) is 3. The SMILES string of the molecule is CC(NC(=O)C1(C)CCCN1)c1ncc[nH]1. The molecule has 2 rings (SSSR count). The van der Waals surface area contributed by atoms with Crippen molar-refractivity contribution in [1.82, 2.24) is 20.6 Å². The average Bonchev–Trinajstić information content (AvgIpc) is 2.88. The lowest BCUT2D eigenvalue weighted by atomic mass is 9.99. The topological polar surface area (TPSA) is 69.8 Å². The first-order valence-corrected chi connectivity index (χ1v) is 5.67. The van der Waals surface area contributed by atoms with Crippen LogP contribution in [-0.4, -0.2) is 28.0 Å². The Kier molecular flexibility index (Phi) is 2.96. The fourth-order valence-electron chi connectivity index (χ4n) is 2.03. The zero-order chi connectivity index (χ0) is 11.6. The molecule has 5 heteroatoms. The fourth-order valence-corrected chi connectivity index (χ4v) is 2.03. The first-order valence-electron chi connectivity index (χ1n) is 5.67. The van der Waals surface area contributed by atoms with Gasteiger partial charge in [0.2, 0.25) is 5.91 Å². The van der Waals surface area contributed by atoms with Crippen molar-refractivity contribution >= 4 is 5.91 Å². The third-order valence-electron chi connectivity index (χ3n) is 3.15. The van der Waals surface area contributed by atoms with Gasteiger partial charge in [-0.15, -0.1) is 0 Å². The quantitative estimate of drug-likeness (QED) is 0.706. The van der Waals surface area contributed by atoms with E-state index in [1.54, 1.807) is 12.4 Å². The van der Waals surface area contributed by atoms with Gasteiger partial charge in [-0.3, -0.25) is 4.79 Å². The van der Waals surface area contributed by atoms with Gasteiger partial charge in [-0.2, -0.15) is 0 Å². The van der Waals surface area contributed by atoms with E-state index in [0.717, 1.165) is 25.2 Å². The Morgan fingerprint density at radius 2 is 2.50 bits per heavy atom. The van der Waals surface area contributed by atoms with Crippen molar-refractivity contribution in [3.63, 3.8) is 0 Å². The minimum Gasteiger partial charge on any atom is -0.347 e. The van der Waals surface area contributed by atoms with E-state index in [4.69, 9.17) is 0 Å². The lowest BCUT2D eigenvalue weighted by Gasteiger charge is -2.25. The summed E-state index contributed by atoms with van der Waals surface area (Å²) in [5.74, 6) is 0.837. The van der Waals surface area contributed by atoms with Gasteiger partial charge in [0.15, 0.2) is 0 Å². The van der Waals surface area contributed by atoms with Crippen LogP contribution in [0, 0.1) is 0 Å². The number of imidazole rings is 1. The zero-order valence-corrected chi connectivity index (χ0v) is 9.71. The molecule has 88 valence electrons. The Morgan fingerprint density at radius 1 is 1.69 bits per heavy atom. The number of nitrogens with one attached hydrogen (secondary N) is 3. The van der Waals surface area contributed by atoms with Gasteiger partial charge in [-0.25, -0.2) is 4.98 Å². The van der Waals surface area contributed by atoms with Crippen LogP contribution in [0.15, 0.2) is 12.4 Å². The van der Waals surface area contributed by atoms with Gasteiger partial charge in [0.25, 0.3) is 0 Å². The van der Waals surface area contributed by atoms with Gasteiger partial charge in [-0.1, -0.05) is 0 Å². The molecule has 1 saturated heterocycles. The number of hydrogen-bond donors (Lipinski definition) is 3. The fraction of sp³-hybridized carbons (Fsp3) is 0.636. The van der Waals surface area contributed by atoms with Crippen molar-refractivity contribution in [2.24, 2.45) is 0 Å². The predicted molar refractivity (Wildman–Crippen MR) is 60.8 cm³/mol. The first-order chi connectivity index (χ1) is 7.62. The average molecular weight is 222 g/mol. The standard InChI is InChI=1S/C11H18N4O/c1-8(9-12-6-7-13-9)15-10(16)11(2)4-3-5-14-11/h6-8,14H,3-5H2,1-2H3,(H,12,13)(H,15,16). The highest BCUT2D eigenvalue weighted by Crippen LogP contribution is 2.19. The molecule has 0 spiro atoms. The van der Waals surface area contributed by atoms with Crippen LogP contribution in [0.3, 0.4) is 0 Å². The normalized spacial score (nSPS) is 26.6. The summed E-state index contributed by atoms with van der Waals surface area (Å²) in [5.41, 5.74) is -0.416. The third-order valence-corrected chi connectivity index (χ3v) is 3.15. The molecule has 0 bridgehead atoms. The van der Waals surface area contributed by atoms with Crippen LogP contribution in [-0.2, 0) is 4.79 Å². The minimum absolute atomic E-state index is 0.0499. The monoisotopic (exact) mass is 222 g/mol. The number of nitrogens with zero attached hydrogens (tertiary/aromatic N) is 1. The molecule has 1 aliphatic heterocycles. The Morgan fingerprint density at radius 3 is 3.06 bits per heavy atom. The van der Waals surface area contributed by atoms with E-state index < -0.39 is 5.54 Å². The van der Waals surface area contributed by atoms with Gasteiger partial charge in [0, 0.05) is 12.4 Å². The van der Waals surface area contributed by atoms with Crippen molar-refractivity contribution in [2.75, 3.05) is 6.54 Å². The van der Waals surface area contributed by atoms with Gasteiger partial charge < -0.3 is 15.6 Å². The van der Waals surface area contributed by atoms with E-state index in [1.165, 1.54) is 0 Å². The molecule has 1 aliphatic rings. The first kappa shape index (κ1) is 11.1. The van der Waals surface area contributed by atoms with Crippen LogP contribution in [0.2, 0.25) is 0 Å². The van der Waals surface area contributed by atoms with Crippen molar-refractivity contribution < 1.29 is 4.79 Å². The molecule has 1 fully saturated rings. The Balaban J connectivity index is 1.97. The maximum absolute atomic E-state index is 12.1. The van der Waals surface area contributed by atoms with Crippen LogP contribution in [0.4, 0.5) is 0 Å². The second-order valence-corrected chi connectivity index (χ2v) is 4.53. The van der Waals surface area contributed by atoms with Crippen molar-refractivity contribution in [3.8, 4) is 0 Å². The highest BCUT2D eigenvalue weighted by atomic mass is 16.2. The largest absolute Gasteiger partial charge is 0.347 e. The molecule has 5 nitrogen and oxygen atoms in total. The third kappa shape index (κ3) is 2.09. The second kappa shape index (κ2) is 4.25. The molecule has 16 heavy (non-hydrogen) atoms. The molecule has 1 aromatic heterocycles. The van der Waals surface area contributed by atoms with Crippen LogP contribution in [0.1, 0.15) is 38.6 Å². The van der Waals surface area contributed by atoms with Crippen LogP contribution >= 0.6 is 0 Å². The van der Waals surface area contributed by atoms with E-state index >= 15 is 0 Å². The second-order valence-electron chi connectivity index (χ2n) is 4.53. The summed E-state index contributed by atoms with van der Waals surface area (Å²) in [7, 11) is 0. The molecule has 1 aromatic rings. The smallest absolute Gasteiger partial charge is 0.240 e. The van der Waals surface area contributed by atoms with E-state index in [9.17, 15) is 4.79 Å². The molecular formula is C11H18N4O. The Hall–Kier alpha value is -1.36. The summed E-state index contributed by atoms with van der Waals surface area (Å²) >= 11 is 0. The molecular weight excluding hydrogens is 204 g/mol. The number of carbonyl (C=O) groups excluding carboxylic acids is 1. The maximum atomic E-state index is 12.1. The number of carbonyl (C=O) groups is 1. The molecule has 0 saturated carbocycles. The van der Waals surface area contributed by atoms with Gasteiger partial charge in [0.05, 0.1) is 11.6 Å². The maximum Gasteiger partial charge on any atom is 0.240 e. The van der Waals surface area contributed by atoms with Gasteiger partial charge >= 0.3 is 0 Å². The van der Waals surface area contributed by atoms with Crippen LogP contribution < -0.4 is 10.6 Å². The van der Waals surface area contributed by atoms with Crippen LogP contribution in [0.5, 0.6) is 0 Å². The van der Waals surface area contributed by atoms with Gasteiger partial charge in [-0.05, 0) is 33.2 Å². The van der Waals surface area contributed by atoms with Crippen molar-refractivity contribution in [1.29, 1.82) is 0 Å². The van der Waals surface area contributed by atoms with E-state index in [2.05, 4.69) is 20.6 Å². The lowest BCUT2D eigenvalue weighted by molar-refractivity contribution is -0.127. The number of rotatable bonds is 3. The summed E-state index contributed by atoms with van der Waals surface area (Å²) in [5, 5.41) is 6.21. The van der Waals surface area contributed by atoms with Crippen molar-refractivity contribution in [3.05, 3.63) is 18.2 Å². The number of amides is 1. The Bertz CT molecular complexity index is 354. The zero-order valence-electron chi connectivity index (χ0n) is 9.71. The number of H-pyrrole nitrogens is 1. The predicted octanol–water partition coefficient (Wildman–Crippen LogP) is 0.729. The van der Waals surface area contributed by atoms with E-state index in [0.29, 0.717) is 0 Å². The summed E-state index contributed by atoms with van der Waals surface area (Å²) < 4.78 is 0. The molecule has 2 unspecified atom stereocenters. The summed E-state index contributed by atoms with van der Waals surface area (Å²) in [4.78, 5) is 19.2. The molecule has 0 radical (unpaired) electrons. The van der Waals surface area contributed by atoms with E-state index in [1.807, 2.05) is 13.8 Å². The summed E-state index contributed by atoms with van der Waals surface area (Å²) in [6.45, 7) is 4.79. The summed E-state index contributed by atoms with van der Waals surface area (Å²) in [6.07, 6.45) is 5.39. The van der Waals surface area contributed by atoms with Crippen molar-refractivity contribution in [2.45, 2.75) is 38.3 Å². The molecule has 1 amide bonds. The molecule has 0 aliphatic carbocycles. The number of aromatic amines is 1. The minimum atomic E-state index is -0.416. The lowest BCUT2D eigenvalue weighted by Crippen LogP contribution is -2.51. The number of aromatic nitrogens is 2. The highest BCUT2D eigenvalue weighted by molar-refractivity contribution is 5.86. The Labute approximate surface area is 95.0 Å². The molecule has 2 heterocycles. The summed E-state index contributed by atoms with van der Waals surface area (Å²) in [6, 6.07) is -0.0817. The molecule has 3 N–H and O–H groups in total. The van der Waals surface area contributed by atoms with Gasteiger partial charge in [0.1, 0.15) is 5.82 Å². The van der Waals surface area contributed by atoms with E-state index in [-0.39, 0.29) is 11.9 Å². The highest BCUT2D eigenvalue weighted by Gasteiger charge is 2.36. The van der Waals surface area contributed by atoms with Crippen LogP contribution in [0.25, 0.3) is 0 Å². The molecule has 0 aromatic carbocycles.